The van der Waals surface area contributed by atoms with Crippen molar-refractivity contribution in [3.05, 3.63) is 0 Å². The van der Waals surface area contributed by atoms with E-state index < -0.39 is 0 Å². The van der Waals surface area contributed by atoms with Crippen molar-refractivity contribution in [1.82, 2.24) is 4.90 Å². The van der Waals surface area contributed by atoms with Gasteiger partial charge in [0, 0.05) is 0 Å². The first-order valence-electron chi connectivity index (χ1n) is 5.19. The Kier molecular flexibility index (Phi) is 17.8. The first-order valence-corrected chi connectivity index (χ1v) is 5.19. The summed E-state index contributed by atoms with van der Waals surface area (Å²) < 4.78 is 0. The SMILES string of the molecule is CCCCCCCOOO.CN(C)C. The van der Waals surface area contributed by atoms with Crippen LogP contribution in [0.3, 0.4) is 0 Å². The van der Waals surface area contributed by atoms with E-state index in [1.807, 2.05) is 26.0 Å². The molecule has 0 unspecified atom stereocenters. The number of hydrogen-bond donors (Lipinski definition) is 1. The Bertz CT molecular complexity index is 78.7. The molecule has 0 saturated heterocycles. The average molecular weight is 207 g/mol. The van der Waals surface area contributed by atoms with E-state index in [1.54, 1.807) is 0 Å². The van der Waals surface area contributed by atoms with Crippen LogP contribution in [0.15, 0.2) is 0 Å². The van der Waals surface area contributed by atoms with Gasteiger partial charge in [-0.25, -0.2) is 10.1 Å². The lowest BCUT2D eigenvalue weighted by Gasteiger charge is -1.97. The van der Waals surface area contributed by atoms with Crippen molar-refractivity contribution in [1.29, 1.82) is 0 Å². The third-order valence-corrected chi connectivity index (χ3v) is 1.38. The van der Waals surface area contributed by atoms with Gasteiger partial charge in [0.1, 0.15) is 0 Å². The molecule has 0 atom stereocenters. The van der Waals surface area contributed by atoms with Gasteiger partial charge < -0.3 is 4.90 Å². The van der Waals surface area contributed by atoms with Crippen molar-refractivity contribution in [3.8, 4) is 0 Å². The standard InChI is InChI=1S/C7H16O3.C3H9N/c1-2-3-4-5-6-7-9-10-8;1-4(2)3/h8H,2-7H2,1H3;1-3H3. The molecule has 0 bridgehead atoms. The Morgan fingerprint density at radius 1 is 1.00 bits per heavy atom. The van der Waals surface area contributed by atoms with Crippen LogP contribution in [-0.4, -0.2) is 37.9 Å². The van der Waals surface area contributed by atoms with Crippen LogP contribution in [0.1, 0.15) is 39.0 Å². The predicted molar refractivity (Wildman–Crippen MR) is 58.0 cm³/mol. The van der Waals surface area contributed by atoms with Crippen LogP contribution in [0.2, 0.25) is 0 Å². The Labute approximate surface area is 87.7 Å². The van der Waals surface area contributed by atoms with E-state index in [0.717, 1.165) is 12.8 Å². The third kappa shape index (κ3) is 29.7. The number of unbranched alkanes of at least 4 members (excludes halogenated alkanes) is 4. The summed E-state index contributed by atoms with van der Waals surface area (Å²) in [5.74, 6) is 0. The van der Waals surface area contributed by atoms with E-state index in [0.29, 0.717) is 6.61 Å². The number of rotatable bonds is 7. The maximum atomic E-state index is 7.75. The van der Waals surface area contributed by atoms with E-state index >= 15 is 0 Å². The third-order valence-electron chi connectivity index (χ3n) is 1.38. The summed E-state index contributed by atoms with van der Waals surface area (Å²) in [5, 5.41) is 11.2. The molecule has 0 spiro atoms. The van der Waals surface area contributed by atoms with E-state index in [-0.39, 0.29) is 0 Å². The summed E-state index contributed by atoms with van der Waals surface area (Å²) in [4.78, 5) is 6.27. The first-order chi connectivity index (χ1) is 6.65. The van der Waals surface area contributed by atoms with E-state index in [2.05, 4.69) is 16.8 Å². The van der Waals surface area contributed by atoms with Crippen LogP contribution in [0, 0.1) is 0 Å². The van der Waals surface area contributed by atoms with Crippen LogP contribution < -0.4 is 0 Å². The molecule has 0 aliphatic carbocycles. The maximum Gasteiger partial charge on any atom is 0.0853 e. The van der Waals surface area contributed by atoms with Crippen molar-refractivity contribution in [2.24, 2.45) is 0 Å². The van der Waals surface area contributed by atoms with Crippen molar-refractivity contribution >= 4 is 0 Å². The maximum absolute atomic E-state index is 7.75. The normalized spacial score (nSPS) is 9.86. The molecule has 0 aromatic rings. The topological polar surface area (TPSA) is 41.9 Å². The van der Waals surface area contributed by atoms with Crippen molar-refractivity contribution in [2.45, 2.75) is 39.0 Å². The van der Waals surface area contributed by atoms with Crippen LogP contribution in [-0.2, 0) is 9.93 Å². The minimum Gasteiger partial charge on any atom is -0.312 e. The van der Waals surface area contributed by atoms with Crippen molar-refractivity contribution in [2.75, 3.05) is 27.7 Å². The van der Waals surface area contributed by atoms with E-state index in [4.69, 9.17) is 5.26 Å². The van der Waals surface area contributed by atoms with Crippen molar-refractivity contribution < 1.29 is 15.2 Å². The molecule has 0 aliphatic rings. The van der Waals surface area contributed by atoms with Crippen molar-refractivity contribution in [3.63, 3.8) is 0 Å². The molecule has 0 fully saturated rings. The smallest absolute Gasteiger partial charge is 0.0853 e. The molecule has 4 nitrogen and oxygen atoms in total. The summed E-state index contributed by atoms with van der Waals surface area (Å²) >= 11 is 0. The highest BCUT2D eigenvalue weighted by molar-refractivity contribution is 4.39. The Balaban J connectivity index is 0. The Morgan fingerprint density at radius 3 is 1.93 bits per heavy atom. The molecule has 0 aromatic carbocycles. The molecular formula is C10H25NO3. The monoisotopic (exact) mass is 207 g/mol. The lowest BCUT2D eigenvalue weighted by atomic mass is 10.2. The zero-order valence-corrected chi connectivity index (χ0v) is 9.95. The van der Waals surface area contributed by atoms with Gasteiger partial charge in [-0.2, -0.15) is 0 Å². The van der Waals surface area contributed by atoms with Gasteiger partial charge in [0.15, 0.2) is 0 Å². The highest BCUT2D eigenvalue weighted by atomic mass is 17.5. The summed E-state index contributed by atoms with van der Waals surface area (Å²) in [5.41, 5.74) is 0. The molecule has 0 radical (unpaired) electrons. The van der Waals surface area contributed by atoms with E-state index in [1.165, 1.54) is 19.3 Å². The largest absolute Gasteiger partial charge is 0.312 e. The highest BCUT2D eigenvalue weighted by Crippen LogP contribution is 2.01. The minimum atomic E-state index is 0.486. The molecule has 1 N–H and O–H groups in total. The lowest BCUT2D eigenvalue weighted by Crippen LogP contribution is -1.99. The molecule has 88 valence electrons. The average Bonchev–Trinajstić information content (AvgIpc) is 2.10. The summed E-state index contributed by atoms with van der Waals surface area (Å²) in [6, 6.07) is 0. The number of nitrogens with zero attached hydrogens (tertiary/aromatic N) is 1. The van der Waals surface area contributed by atoms with Gasteiger partial charge in [-0.1, -0.05) is 37.6 Å². The van der Waals surface area contributed by atoms with Crippen LogP contribution in [0.5, 0.6) is 0 Å². The van der Waals surface area contributed by atoms with Gasteiger partial charge in [0.25, 0.3) is 0 Å². The van der Waals surface area contributed by atoms with Gasteiger partial charge in [-0.15, -0.1) is 0 Å². The fourth-order valence-corrected chi connectivity index (χ4v) is 0.802. The zero-order chi connectivity index (χ0) is 11.2. The van der Waals surface area contributed by atoms with Crippen LogP contribution in [0.4, 0.5) is 0 Å². The van der Waals surface area contributed by atoms with Gasteiger partial charge in [-0.3, -0.25) is 0 Å². The lowest BCUT2D eigenvalue weighted by molar-refractivity contribution is -0.490. The second-order valence-electron chi connectivity index (χ2n) is 3.65. The summed E-state index contributed by atoms with van der Waals surface area (Å²) in [6.45, 7) is 2.66. The molecule has 0 aromatic heterocycles. The Hall–Kier alpha value is -0.160. The Morgan fingerprint density at radius 2 is 1.50 bits per heavy atom. The predicted octanol–water partition coefficient (Wildman–Crippen LogP) is 2.56. The molecule has 0 amide bonds. The minimum absolute atomic E-state index is 0.486. The molecule has 0 heterocycles. The van der Waals surface area contributed by atoms with Crippen LogP contribution >= 0.6 is 0 Å². The quantitative estimate of drug-likeness (QED) is 0.396. The summed E-state index contributed by atoms with van der Waals surface area (Å²) in [7, 11) is 6.00. The van der Waals surface area contributed by atoms with Gasteiger partial charge in [-0.05, 0) is 27.6 Å². The zero-order valence-electron chi connectivity index (χ0n) is 9.95. The fourth-order valence-electron chi connectivity index (χ4n) is 0.802. The molecular weight excluding hydrogens is 182 g/mol. The molecule has 14 heavy (non-hydrogen) atoms. The number of hydrogen-bond acceptors (Lipinski definition) is 4. The first kappa shape index (κ1) is 16.3. The molecule has 0 rings (SSSR count). The van der Waals surface area contributed by atoms with Gasteiger partial charge in [0.05, 0.1) is 6.61 Å². The van der Waals surface area contributed by atoms with Gasteiger partial charge >= 0.3 is 0 Å². The summed E-state index contributed by atoms with van der Waals surface area (Å²) in [6.07, 6.45) is 5.88. The van der Waals surface area contributed by atoms with Gasteiger partial charge in [0.2, 0.25) is 0 Å². The second kappa shape index (κ2) is 15.3. The second-order valence-corrected chi connectivity index (χ2v) is 3.65. The molecule has 0 saturated carbocycles. The highest BCUT2D eigenvalue weighted by Gasteiger charge is 1.88. The molecule has 4 heteroatoms. The fraction of sp³-hybridized carbons (Fsp3) is 1.00. The molecule has 0 aliphatic heterocycles. The van der Waals surface area contributed by atoms with E-state index in [9.17, 15) is 0 Å². The van der Waals surface area contributed by atoms with Crippen LogP contribution in [0.25, 0.3) is 0 Å².